The van der Waals surface area contributed by atoms with E-state index in [-0.39, 0.29) is 5.56 Å². The second-order valence-corrected chi connectivity index (χ2v) is 5.33. The lowest BCUT2D eigenvalue weighted by Gasteiger charge is -2.09. The van der Waals surface area contributed by atoms with Gasteiger partial charge in [-0.25, -0.2) is 0 Å². The predicted molar refractivity (Wildman–Crippen MR) is 93.0 cm³/mol. The Morgan fingerprint density at radius 1 is 1.00 bits per heavy atom. The Bertz CT molecular complexity index is 920. The number of rotatable bonds is 4. The average molecular weight is 341 g/mol. The molecule has 0 unspecified atom stereocenters. The molecule has 0 atom stereocenters. The second-order valence-electron chi connectivity index (χ2n) is 4.92. The van der Waals surface area contributed by atoms with E-state index in [1.165, 1.54) is 12.3 Å². The first kappa shape index (κ1) is 15.8. The number of nitrogens with one attached hydrogen (secondary N) is 2. The van der Waals surface area contributed by atoms with Crippen molar-refractivity contribution in [1.29, 1.82) is 0 Å². The highest BCUT2D eigenvalue weighted by Crippen LogP contribution is 2.29. The summed E-state index contributed by atoms with van der Waals surface area (Å²) in [5.74, 6) is 0.655. The molecule has 1 aromatic heterocycles. The molecule has 24 heavy (non-hydrogen) atoms. The summed E-state index contributed by atoms with van der Waals surface area (Å²) in [5, 5.41) is 3.17. The molecule has 0 bridgehead atoms. The number of pyridine rings is 1. The Morgan fingerprint density at radius 2 is 1.75 bits per heavy atom. The highest BCUT2D eigenvalue weighted by molar-refractivity contribution is 6.32. The summed E-state index contributed by atoms with van der Waals surface area (Å²) in [4.78, 5) is 26.1. The predicted octanol–water partition coefficient (Wildman–Crippen LogP) is 4.07. The molecule has 2 aromatic carbocycles. The number of hydrogen-bond acceptors (Lipinski definition) is 3. The number of anilines is 1. The van der Waals surface area contributed by atoms with E-state index in [1.807, 2.05) is 12.1 Å². The van der Waals surface area contributed by atoms with Crippen LogP contribution < -0.4 is 15.6 Å². The summed E-state index contributed by atoms with van der Waals surface area (Å²) in [6.07, 6.45) is 1.47. The standard InChI is InChI=1S/C18H13ClN2O3/c19-15-5-1-2-6-16(15)24-13-9-7-12(8-10-13)21-18(23)14-4-3-11-20-17(14)22/h1-11H,(H,20,22)(H,21,23). The molecule has 0 saturated carbocycles. The molecule has 1 heterocycles. The first-order valence-corrected chi connectivity index (χ1v) is 7.53. The minimum absolute atomic E-state index is 0.0499. The summed E-state index contributed by atoms with van der Waals surface area (Å²) in [6.45, 7) is 0. The van der Waals surface area contributed by atoms with Gasteiger partial charge in [-0.1, -0.05) is 23.7 Å². The van der Waals surface area contributed by atoms with Crippen molar-refractivity contribution >= 4 is 23.2 Å². The van der Waals surface area contributed by atoms with E-state index in [0.717, 1.165) is 0 Å². The Morgan fingerprint density at radius 3 is 2.46 bits per heavy atom. The van der Waals surface area contributed by atoms with Gasteiger partial charge in [-0.05, 0) is 48.5 Å². The zero-order chi connectivity index (χ0) is 16.9. The number of para-hydroxylation sites is 1. The lowest BCUT2D eigenvalue weighted by atomic mass is 10.2. The smallest absolute Gasteiger partial charge is 0.261 e. The third-order valence-corrected chi connectivity index (χ3v) is 3.55. The zero-order valence-electron chi connectivity index (χ0n) is 12.5. The molecule has 5 nitrogen and oxygen atoms in total. The van der Waals surface area contributed by atoms with E-state index in [1.54, 1.807) is 42.5 Å². The molecule has 1 amide bonds. The number of halogens is 1. The fourth-order valence-electron chi connectivity index (χ4n) is 2.06. The molecular weight excluding hydrogens is 328 g/mol. The zero-order valence-corrected chi connectivity index (χ0v) is 13.2. The molecule has 0 aliphatic heterocycles. The lowest BCUT2D eigenvalue weighted by Crippen LogP contribution is -2.22. The topological polar surface area (TPSA) is 71.2 Å². The van der Waals surface area contributed by atoms with Crippen LogP contribution in [-0.4, -0.2) is 10.9 Å². The molecule has 0 aliphatic carbocycles. The fraction of sp³-hybridized carbons (Fsp3) is 0. The monoisotopic (exact) mass is 340 g/mol. The van der Waals surface area contributed by atoms with Gasteiger partial charge in [0, 0.05) is 11.9 Å². The van der Waals surface area contributed by atoms with Gasteiger partial charge >= 0.3 is 0 Å². The molecule has 0 saturated heterocycles. The van der Waals surface area contributed by atoms with Gasteiger partial charge in [0.25, 0.3) is 11.5 Å². The number of H-pyrrole nitrogens is 1. The van der Waals surface area contributed by atoms with E-state index in [9.17, 15) is 9.59 Å². The molecule has 3 rings (SSSR count). The molecule has 3 aromatic rings. The van der Waals surface area contributed by atoms with Crippen molar-refractivity contribution in [3.05, 3.63) is 87.8 Å². The lowest BCUT2D eigenvalue weighted by molar-refractivity contribution is 0.102. The summed E-state index contributed by atoms with van der Waals surface area (Å²) in [5.41, 5.74) is 0.164. The van der Waals surface area contributed by atoms with E-state index in [2.05, 4.69) is 10.3 Å². The molecule has 6 heteroatoms. The third kappa shape index (κ3) is 3.64. The van der Waals surface area contributed by atoms with Crippen LogP contribution in [0.3, 0.4) is 0 Å². The fourth-order valence-corrected chi connectivity index (χ4v) is 2.23. The number of aromatic amines is 1. The highest BCUT2D eigenvalue weighted by Gasteiger charge is 2.10. The van der Waals surface area contributed by atoms with Crippen LogP contribution in [0, 0.1) is 0 Å². The number of ether oxygens (including phenoxy) is 1. The van der Waals surface area contributed by atoms with Crippen LogP contribution in [0.25, 0.3) is 0 Å². The van der Waals surface area contributed by atoms with Gasteiger partial charge in [-0.2, -0.15) is 0 Å². The Balaban J connectivity index is 1.71. The largest absolute Gasteiger partial charge is 0.456 e. The van der Waals surface area contributed by atoms with Gasteiger partial charge in [-0.15, -0.1) is 0 Å². The number of carbonyl (C=O) groups excluding carboxylic acids is 1. The molecule has 120 valence electrons. The summed E-state index contributed by atoms with van der Waals surface area (Å²) < 4.78 is 5.67. The first-order valence-electron chi connectivity index (χ1n) is 7.15. The van der Waals surface area contributed by atoms with Crippen molar-refractivity contribution < 1.29 is 9.53 Å². The van der Waals surface area contributed by atoms with Gasteiger partial charge in [0.05, 0.1) is 5.02 Å². The SMILES string of the molecule is O=C(Nc1ccc(Oc2ccccc2Cl)cc1)c1ccc[nH]c1=O. The highest BCUT2D eigenvalue weighted by atomic mass is 35.5. The van der Waals surface area contributed by atoms with E-state index < -0.39 is 11.5 Å². The quantitative estimate of drug-likeness (QED) is 0.752. The van der Waals surface area contributed by atoms with E-state index in [4.69, 9.17) is 16.3 Å². The molecule has 2 N–H and O–H groups in total. The van der Waals surface area contributed by atoms with Crippen molar-refractivity contribution in [2.45, 2.75) is 0 Å². The number of hydrogen-bond donors (Lipinski definition) is 2. The van der Waals surface area contributed by atoms with Crippen LogP contribution in [0.15, 0.2) is 71.7 Å². The van der Waals surface area contributed by atoms with Crippen LogP contribution in [-0.2, 0) is 0 Å². The van der Waals surface area contributed by atoms with Crippen molar-refractivity contribution in [3.8, 4) is 11.5 Å². The summed E-state index contributed by atoms with van der Waals surface area (Å²) in [6, 6.07) is 17.0. The van der Waals surface area contributed by atoms with Gasteiger partial charge < -0.3 is 15.0 Å². The van der Waals surface area contributed by atoms with Crippen LogP contribution in [0.4, 0.5) is 5.69 Å². The number of amides is 1. The van der Waals surface area contributed by atoms with Gasteiger partial charge in [0.1, 0.15) is 17.1 Å². The van der Waals surface area contributed by atoms with E-state index >= 15 is 0 Å². The Labute approximate surface area is 142 Å². The van der Waals surface area contributed by atoms with Gasteiger partial charge in [-0.3, -0.25) is 9.59 Å². The summed E-state index contributed by atoms with van der Waals surface area (Å²) in [7, 11) is 0. The average Bonchev–Trinajstić information content (AvgIpc) is 2.59. The maximum Gasteiger partial charge on any atom is 0.261 e. The number of carbonyl (C=O) groups is 1. The summed E-state index contributed by atoms with van der Waals surface area (Å²) >= 11 is 6.04. The Hall–Kier alpha value is -3.05. The van der Waals surface area contributed by atoms with E-state index in [0.29, 0.717) is 22.2 Å². The molecule has 0 aliphatic rings. The molecule has 0 radical (unpaired) electrons. The van der Waals surface area contributed by atoms with Crippen LogP contribution in [0.2, 0.25) is 5.02 Å². The Kier molecular flexibility index (Phi) is 4.63. The van der Waals surface area contributed by atoms with Crippen LogP contribution in [0.1, 0.15) is 10.4 Å². The molecule has 0 fully saturated rings. The maximum absolute atomic E-state index is 12.1. The van der Waals surface area contributed by atoms with Crippen LogP contribution >= 0.6 is 11.6 Å². The first-order chi connectivity index (χ1) is 11.6. The normalized spacial score (nSPS) is 10.2. The van der Waals surface area contributed by atoms with Gasteiger partial charge in [0.2, 0.25) is 0 Å². The second kappa shape index (κ2) is 7.02. The van der Waals surface area contributed by atoms with Crippen molar-refractivity contribution in [3.63, 3.8) is 0 Å². The van der Waals surface area contributed by atoms with Crippen LogP contribution in [0.5, 0.6) is 11.5 Å². The third-order valence-electron chi connectivity index (χ3n) is 3.24. The number of benzene rings is 2. The van der Waals surface area contributed by atoms with Crippen molar-refractivity contribution in [1.82, 2.24) is 4.98 Å². The van der Waals surface area contributed by atoms with Crippen molar-refractivity contribution in [2.24, 2.45) is 0 Å². The maximum atomic E-state index is 12.1. The molecule has 0 spiro atoms. The minimum atomic E-state index is -0.475. The minimum Gasteiger partial charge on any atom is -0.456 e. The van der Waals surface area contributed by atoms with Gasteiger partial charge in [0.15, 0.2) is 0 Å². The molecular formula is C18H13ClN2O3. The van der Waals surface area contributed by atoms with Crippen molar-refractivity contribution in [2.75, 3.05) is 5.32 Å². The number of aromatic nitrogens is 1.